The first-order chi connectivity index (χ1) is 9.33. The minimum Gasteiger partial charge on any atom is -0.486 e. The number of rotatable bonds is 2. The lowest BCUT2D eigenvalue weighted by atomic mass is 10.1. The molecule has 1 aromatic carbocycles. The molecule has 1 heterocycles. The number of anilines is 1. The molecule has 1 aliphatic carbocycles. The molecule has 0 radical (unpaired) electrons. The third-order valence-corrected chi connectivity index (χ3v) is 4.50. The normalized spacial score (nSPS) is 19.8. The highest BCUT2D eigenvalue weighted by atomic mass is 79.9. The van der Waals surface area contributed by atoms with E-state index in [9.17, 15) is 0 Å². The quantitative estimate of drug-likeness (QED) is 0.820. The van der Waals surface area contributed by atoms with Crippen LogP contribution in [0.5, 0.6) is 11.5 Å². The topological polar surface area (TPSA) is 30.5 Å². The lowest BCUT2D eigenvalue weighted by Gasteiger charge is -2.23. The van der Waals surface area contributed by atoms with Crippen LogP contribution in [0.3, 0.4) is 0 Å². The smallest absolute Gasteiger partial charge is 0.163 e. The number of benzene rings is 1. The minimum atomic E-state index is 0.585. The van der Waals surface area contributed by atoms with Crippen LogP contribution < -0.4 is 14.8 Å². The van der Waals surface area contributed by atoms with Crippen LogP contribution in [-0.4, -0.2) is 19.3 Å². The molecular weight excluding hydrogens is 306 g/mol. The van der Waals surface area contributed by atoms with Crippen LogP contribution in [0.25, 0.3) is 0 Å². The van der Waals surface area contributed by atoms with Gasteiger partial charge in [-0.25, -0.2) is 0 Å². The Bertz CT molecular complexity index is 442. The molecule has 0 atom stereocenters. The van der Waals surface area contributed by atoms with Gasteiger partial charge >= 0.3 is 0 Å². The van der Waals surface area contributed by atoms with Crippen molar-refractivity contribution in [2.45, 2.75) is 44.6 Å². The third-order valence-electron chi connectivity index (χ3n) is 3.85. The van der Waals surface area contributed by atoms with E-state index in [4.69, 9.17) is 9.47 Å². The van der Waals surface area contributed by atoms with Gasteiger partial charge < -0.3 is 14.8 Å². The van der Waals surface area contributed by atoms with Crippen molar-refractivity contribution in [2.24, 2.45) is 0 Å². The summed E-state index contributed by atoms with van der Waals surface area (Å²) >= 11 is 3.62. The van der Waals surface area contributed by atoms with Crippen molar-refractivity contribution >= 4 is 21.6 Å². The predicted molar refractivity (Wildman–Crippen MR) is 80.2 cm³/mol. The average Bonchev–Trinajstić information content (AvgIpc) is 2.68. The highest BCUT2D eigenvalue weighted by Gasteiger charge is 2.17. The van der Waals surface area contributed by atoms with Gasteiger partial charge in [0.25, 0.3) is 0 Å². The SMILES string of the molecule is Brc1cc2c(cc1NC1CCCCCC1)OCCO2. The van der Waals surface area contributed by atoms with Gasteiger partial charge in [0.2, 0.25) is 0 Å². The van der Waals surface area contributed by atoms with E-state index >= 15 is 0 Å². The van der Waals surface area contributed by atoms with E-state index in [0.29, 0.717) is 19.3 Å². The molecule has 1 N–H and O–H groups in total. The van der Waals surface area contributed by atoms with Gasteiger partial charge in [-0.1, -0.05) is 25.7 Å². The van der Waals surface area contributed by atoms with Crippen LogP contribution in [0.4, 0.5) is 5.69 Å². The number of nitrogens with one attached hydrogen (secondary N) is 1. The van der Waals surface area contributed by atoms with Crippen molar-refractivity contribution in [1.82, 2.24) is 0 Å². The van der Waals surface area contributed by atoms with Gasteiger partial charge in [0.15, 0.2) is 11.5 Å². The molecule has 19 heavy (non-hydrogen) atoms. The Kier molecular flexibility index (Phi) is 4.16. The van der Waals surface area contributed by atoms with Crippen LogP contribution in [0.2, 0.25) is 0 Å². The molecule has 4 heteroatoms. The largest absolute Gasteiger partial charge is 0.486 e. The van der Waals surface area contributed by atoms with Crippen LogP contribution >= 0.6 is 15.9 Å². The molecule has 3 nitrogen and oxygen atoms in total. The molecule has 1 saturated carbocycles. The van der Waals surface area contributed by atoms with E-state index in [1.807, 2.05) is 6.07 Å². The van der Waals surface area contributed by atoms with Crippen molar-refractivity contribution in [2.75, 3.05) is 18.5 Å². The maximum atomic E-state index is 5.65. The Morgan fingerprint density at radius 2 is 1.58 bits per heavy atom. The Morgan fingerprint density at radius 1 is 0.947 bits per heavy atom. The second-order valence-corrected chi connectivity index (χ2v) is 6.16. The van der Waals surface area contributed by atoms with Crippen LogP contribution in [0.1, 0.15) is 38.5 Å². The third kappa shape index (κ3) is 3.16. The number of halogens is 1. The molecule has 0 aromatic heterocycles. The summed E-state index contributed by atoms with van der Waals surface area (Å²) in [6.07, 6.45) is 7.95. The van der Waals surface area contributed by atoms with Crippen molar-refractivity contribution in [1.29, 1.82) is 0 Å². The van der Waals surface area contributed by atoms with E-state index < -0.39 is 0 Å². The summed E-state index contributed by atoms with van der Waals surface area (Å²) in [5.74, 6) is 1.69. The Morgan fingerprint density at radius 3 is 2.26 bits per heavy atom. The monoisotopic (exact) mass is 325 g/mol. The highest BCUT2D eigenvalue weighted by molar-refractivity contribution is 9.10. The average molecular weight is 326 g/mol. The van der Waals surface area contributed by atoms with E-state index in [1.54, 1.807) is 0 Å². The van der Waals surface area contributed by atoms with Crippen LogP contribution in [0, 0.1) is 0 Å². The van der Waals surface area contributed by atoms with Gasteiger partial charge in [-0.15, -0.1) is 0 Å². The fourth-order valence-corrected chi connectivity index (χ4v) is 3.26. The van der Waals surface area contributed by atoms with Crippen molar-refractivity contribution < 1.29 is 9.47 Å². The van der Waals surface area contributed by atoms with Crippen molar-refractivity contribution in [3.63, 3.8) is 0 Å². The van der Waals surface area contributed by atoms with Gasteiger partial charge in [-0.3, -0.25) is 0 Å². The fourth-order valence-electron chi connectivity index (χ4n) is 2.82. The van der Waals surface area contributed by atoms with Crippen LogP contribution in [0.15, 0.2) is 16.6 Å². The van der Waals surface area contributed by atoms with Gasteiger partial charge in [0.05, 0.1) is 5.69 Å². The Hall–Kier alpha value is -0.900. The molecule has 0 bridgehead atoms. The maximum absolute atomic E-state index is 5.65. The molecule has 1 aliphatic heterocycles. The summed E-state index contributed by atoms with van der Waals surface area (Å²) in [7, 11) is 0. The summed E-state index contributed by atoms with van der Waals surface area (Å²) in [5, 5.41) is 3.66. The summed E-state index contributed by atoms with van der Waals surface area (Å²) in [4.78, 5) is 0. The number of fused-ring (bicyclic) bond motifs is 1. The van der Waals surface area contributed by atoms with E-state index in [0.717, 1.165) is 21.7 Å². The molecule has 0 amide bonds. The zero-order chi connectivity index (χ0) is 13.1. The minimum absolute atomic E-state index is 0.585. The zero-order valence-corrected chi connectivity index (χ0v) is 12.7. The first-order valence-corrected chi connectivity index (χ1v) is 7.98. The van der Waals surface area contributed by atoms with Crippen LogP contribution in [-0.2, 0) is 0 Å². The Balaban J connectivity index is 1.76. The lowest BCUT2D eigenvalue weighted by Crippen LogP contribution is -2.19. The number of hydrogen-bond donors (Lipinski definition) is 1. The molecule has 0 saturated heterocycles. The summed E-state index contributed by atoms with van der Waals surface area (Å²) in [6, 6.07) is 4.65. The molecule has 1 fully saturated rings. The summed E-state index contributed by atoms with van der Waals surface area (Å²) in [6.45, 7) is 1.27. The predicted octanol–water partition coefficient (Wildman–Crippen LogP) is 4.36. The molecule has 0 unspecified atom stereocenters. The molecule has 3 rings (SSSR count). The zero-order valence-electron chi connectivity index (χ0n) is 11.1. The second-order valence-electron chi connectivity index (χ2n) is 5.31. The van der Waals surface area contributed by atoms with Gasteiger partial charge in [-0.2, -0.15) is 0 Å². The first kappa shape index (κ1) is 13.1. The Labute approximate surface area is 122 Å². The summed E-state index contributed by atoms with van der Waals surface area (Å²) in [5.41, 5.74) is 1.12. The van der Waals surface area contributed by atoms with E-state index in [1.165, 1.54) is 38.5 Å². The number of ether oxygens (including phenoxy) is 2. The molecular formula is C15H20BrNO2. The lowest BCUT2D eigenvalue weighted by molar-refractivity contribution is 0.171. The van der Waals surface area contributed by atoms with Crippen molar-refractivity contribution in [3.8, 4) is 11.5 Å². The standard InChI is InChI=1S/C15H20BrNO2/c16-12-9-14-15(19-8-7-18-14)10-13(12)17-11-5-3-1-2-4-6-11/h9-11,17H,1-8H2. The fraction of sp³-hybridized carbons (Fsp3) is 0.600. The second kappa shape index (κ2) is 6.04. The van der Waals surface area contributed by atoms with Gasteiger partial charge in [-0.05, 0) is 28.8 Å². The summed E-state index contributed by atoms with van der Waals surface area (Å²) < 4.78 is 12.3. The first-order valence-electron chi connectivity index (χ1n) is 7.18. The number of hydrogen-bond acceptors (Lipinski definition) is 3. The van der Waals surface area contributed by atoms with Gasteiger partial charge in [0.1, 0.15) is 13.2 Å². The molecule has 2 aliphatic rings. The molecule has 104 valence electrons. The van der Waals surface area contributed by atoms with Gasteiger partial charge in [0, 0.05) is 22.6 Å². The highest BCUT2D eigenvalue weighted by Crippen LogP contribution is 2.38. The van der Waals surface area contributed by atoms with E-state index in [-0.39, 0.29) is 0 Å². The maximum Gasteiger partial charge on any atom is 0.163 e. The van der Waals surface area contributed by atoms with Crippen molar-refractivity contribution in [3.05, 3.63) is 16.6 Å². The molecule has 0 spiro atoms. The molecule has 1 aromatic rings. The van der Waals surface area contributed by atoms with E-state index in [2.05, 4.69) is 27.3 Å².